The summed E-state index contributed by atoms with van der Waals surface area (Å²) < 4.78 is 43.3. The molecular formula is C14H23ClN2O5S. The Morgan fingerprint density at radius 3 is 2.13 bits per heavy atom. The maximum Gasteiger partial charge on any atom is 0.250 e. The van der Waals surface area contributed by atoms with Crippen LogP contribution in [-0.4, -0.2) is 59.7 Å². The van der Waals surface area contributed by atoms with Crippen LogP contribution in [0.3, 0.4) is 0 Å². The monoisotopic (exact) mass is 366 g/mol. The van der Waals surface area contributed by atoms with Gasteiger partial charge in [0.2, 0.25) is 0 Å². The van der Waals surface area contributed by atoms with Gasteiger partial charge in [-0.05, 0) is 6.92 Å². The van der Waals surface area contributed by atoms with Crippen LogP contribution >= 0.6 is 12.4 Å². The van der Waals surface area contributed by atoms with Gasteiger partial charge in [-0.1, -0.05) is 0 Å². The largest absolute Gasteiger partial charge is 0.496 e. The molecule has 1 aromatic rings. The lowest BCUT2D eigenvalue weighted by atomic mass is 10.3. The molecule has 1 aromatic carbocycles. The normalized spacial score (nSPS) is 18.9. The zero-order valence-electron chi connectivity index (χ0n) is 13.7. The zero-order valence-corrected chi connectivity index (χ0v) is 15.3. The number of benzene rings is 1. The molecule has 1 fully saturated rings. The Morgan fingerprint density at radius 2 is 1.70 bits per heavy atom. The maximum absolute atomic E-state index is 13.1. The lowest BCUT2D eigenvalue weighted by Crippen LogP contribution is -2.52. The van der Waals surface area contributed by atoms with Gasteiger partial charge in [-0.3, -0.25) is 0 Å². The molecule has 132 valence electrons. The molecule has 23 heavy (non-hydrogen) atoms. The highest BCUT2D eigenvalue weighted by Gasteiger charge is 2.36. The lowest BCUT2D eigenvalue weighted by molar-refractivity contribution is 0.280. The van der Waals surface area contributed by atoms with Crippen LogP contribution < -0.4 is 19.5 Å². The highest BCUT2D eigenvalue weighted by Crippen LogP contribution is 2.39. The molecule has 2 rings (SSSR count). The van der Waals surface area contributed by atoms with E-state index >= 15 is 0 Å². The van der Waals surface area contributed by atoms with E-state index in [9.17, 15) is 8.42 Å². The Kier molecular flexibility index (Phi) is 6.94. The van der Waals surface area contributed by atoms with Crippen LogP contribution in [0.4, 0.5) is 0 Å². The molecule has 7 nitrogen and oxygen atoms in total. The Labute approximate surface area is 143 Å². The number of sulfonamides is 1. The van der Waals surface area contributed by atoms with Gasteiger partial charge in [0.15, 0.2) is 4.90 Å². The molecular weight excluding hydrogens is 344 g/mol. The van der Waals surface area contributed by atoms with E-state index in [2.05, 4.69) is 5.32 Å². The molecule has 9 heteroatoms. The number of piperazine rings is 1. The molecule has 1 saturated heterocycles. The number of methoxy groups -OCH3 is 3. The Balaban J connectivity index is 0.00000264. The Hall–Kier alpha value is -1.22. The summed E-state index contributed by atoms with van der Waals surface area (Å²) in [5.74, 6) is 0.893. The third kappa shape index (κ3) is 3.82. The van der Waals surface area contributed by atoms with Crippen molar-refractivity contribution in [1.29, 1.82) is 0 Å². The second kappa shape index (κ2) is 8.05. The van der Waals surface area contributed by atoms with Crippen molar-refractivity contribution in [3.63, 3.8) is 0 Å². The average molecular weight is 367 g/mol. The fourth-order valence-corrected chi connectivity index (χ4v) is 4.43. The number of ether oxygens (including phenoxy) is 3. The molecule has 0 amide bonds. The number of nitrogens with zero attached hydrogens (tertiary/aromatic N) is 1. The summed E-state index contributed by atoms with van der Waals surface area (Å²) in [6.07, 6.45) is 0. The third-order valence-corrected chi connectivity index (χ3v) is 5.76. The van der Waals surface area contributed by atoms with E-state index in [-0.39, 0.29) is 34.8 Å². The van der Waals surface area contributed by atoms with Gasteiger partial charge in [-0.2, -0.15) is 4.31 Å². The summed E-state index contributed by atoms with van der Waals surface area (Å²) in [4.78, 5) is 0.0343. The van der Waals surface area contributed by atoms with Gasteiger partial charge in [0.25, 0.3) is 10.0 Å². The molecule has 1 aliphatic heterocycles. The standard InChI is InChI=1S/C14H22N2O5S.ClH/c1-10-9-15-5-6-16(10)22(17,18)14-12(20-3)7-11(19-2)8-13(14)21-4;/h7-8,10,15H,5-6,9H2,1-4H3;1H/t10-;/m0./s1. The van der Waals surface area contributed by atoms with E-state index in [0.717, 1.165) is 0 Å². The van der Waals surface area contributed by atoms with Gasteiger partial charge in [-0.25, -0.2) is 8.42 Å². The van der Waals surface area contributed by atoms with Gasteiger partial charge in [0.05, 0.1) is 21.3 Å². The molecule has 0 aliphatic carbocycles. The molecule has 0 bridgehead atoms. The molecule has 1 N–H and O–H groups in total. The van der Waals surface area contributed by atoms with Gasteiger partial charge in [0.1, 0.15) is 17.2 Å². The first-order chi connectivity index (χ1) is 10.5. The predicted molar refractivity (Wildman–Crippen MR) is 89.6 cm³/mol. The van der Waals surface area contributed by atoms with Crippen LogP contribution in [0.1, 0.15) is 6.92 Å². The Bertz CT molecular complexity index is 613. The van der Waals surface area contributed by atoms with Crippen molar-refractivity contribution in [2.45, 2.75) is 17.9 Å². The first-order valence-electron chi connectivity index (χ1n) is 6.98. The van der Waals surface area contributed by atoms with Crippen LogP contribution in [-0.2, 0) is 10.0 Å². The lowest BCUT2D eigenvalue weighted by Gasteiger charge is -2.33. The fraction of sp³-hybridized carbons (Fsp3) is 0.571. The SMILES string of the molecule is COc1cc(OC)c(S(=O)(=O)N2CCNC[C@@H]2C)c(OC)c1.Cl. The van der Waals surface area contributed by atoms with Crippen molar-refractivity contribution in [1.82, 2.24) is 9.62 Å². The van der Waals surface area contributed by atoms with Crippen LogP contribution in [0, 0.1) is 0 Å². The topological polar surface area (TPSA) is 77.1 Å². The van der Waals surface area contributed by atoms with Crippen molar-refractivity contribution in [2.75, 3.05) is 41.0 Å². The number of hydrogen-bond donors (Lipinski definition) is 1. The summed E-state index contributed by atoms with van der Waals surface area (Å²) in [7, 11) is 0.617. The number of halogens is 1. The van der Waals surface area contributed by atoms with Gasteiger partial charge >= 0.3 is 0 Å². The van der Waals surface area contributed by atoms with E-state index in [4.69, 9.17) is 14.2 Å². The van der Waals surface area contributed by atoms with Gasteiger partial charge in [-0.15, -0.1) is 12.4 Å². The van der Waals surface area contributed by atoms with Crippen molar-refractivity contribution in [2.24, 2.45) is 0 Å². The van der Waals surface area contributed by atoms with E-state index in [1.54, 1.807) is 12.1 Å². The van der Waals surface area contributed by atoms with E-state index in [1.807, 2.05) is 6.92 Å². The number of hydrogen-bond acceptors (Lipinski definition) is 6. The first-order valence-corrected chi connectivity index (χ1v) is 8.42. The van der Waals surface area contributed by atoms with E-state index in [0.29, 0.717) is 25.4 Å². The smallest absolute Gasteiger partial charge is 0.250 e. The summed E-state index contributed by atoms with van der Waals surface area (Å²) in [5, 5.41) is 3.17. The minimum atomic E-state index is -3.73. The predicted octanol–water partition coefficient (Wildman–Crippen LogP) is 1.12. The van der Waals surface area contributed by atoms with Crippen molar-refractivity contribution >= 4 is 22.4 Å². The second-order valence-corrected chi connectivity index (χ2v) is 6.86. The first kappa shape index (κ1) is 19.8. The highest BCUT2D eigenvalue weighted by molar-refractivity contribution is 7.89. The molecule has 1 aliphatic rings. The van der Waals surface area contributed by atoms with Crippen molar-refractivity contribution < 1.29 is 22.6 Å². The molecule has 0 unspecified atom stereocenters. The maximum atomic E-state index is 13.1. The van der Waals surface area contributed by atoms with Crippen LogP contribution in [0.15, 0.2) is 17.0 Å². The fourth-order valence-electron chi connectivity index (χ4n) is 2.52. The van der Waals surface area contributed by atoms with Crippen LogP contribution in [0.2, 0.25) is 0 Å². The third-order valence-electron chi connectivity index (χ3n) is 3.68. The van der Waals surface area contributed by atoms with Gasteiger partial charge in [0, 0.05) is 37.8 Å². The van der Waals surface area contributed by atoms with Gasteiger partial charge < -0.3 is 19.5 Å². The quantitative estimate of drug-likeness (QED) is 0.841. The summed E-state index contributed by atoms with van der Waals surface area (Å²) in [5.41, 5.74) is 0. The molecule has 0 radical (unpaired) electrons. The molecule has 1 atom stereocenters. The van der Waals surface area contributed by atoms with Crippen molar-refractivity contribution in [3.05, 3.63) is 12.1 Å². The van der Waals surface area contributed by atoms with Crippen LogP contribution in [0.25, 0.3) is 0 Å². The minimum absolute atomic E-state index is 0. The summed E-state index contributed by atoms with van der Waals surface area (Å²) in [6, 6.07) is 2.94. The summed E-state index contributed by atoms with van der Waals surface area (Å²) >= 11 is 0. The molecule has 0 aromatic heterocycles. The Morgan fingerprint density at radius 1 is 1.13 bits per heavy atom. The van der Waals surface area contributed by atoms with Crippen LogP contribution in [0.5, 0.6) is 17.2 Å². The summed E-state index contributed by atoms with van der Waals surface area (Å²) in [6.45, 7) is 3.50. The second-order valence-electron chi connectivity index (χ2n) is 5.03. The molecule has 0 saturated carbocycles. The average Bonchev–Trinajstić information content (AvgIpc) is 2.53. The van der Waals surface area contributed by atoms with E-state index < -0.39 is 10.0 Å². The minimum Gasteiger partial charge on any atom is -0.496 e. The highest BCUT2D eigenvalue weighted by atomic mass is 35.5. The number of rotatable bonds is 5. The van der Waals surface area contributed by atoms with Crippen molar-refractivity contribution in [3.8, 4) is 17.2 Å². The van der Waals surface area contributed by atoms with E-state index in [1.165, 1.54) is 25.6 Å². The molecule has 1 heterocycles. The molecule has 0 spiro atoms. The number of nitrogens with one attached hydrogen (secondary N) is 1. The zero-order chi connectivity index (χ0) is 16.3.